The second-order valence-electron chi connectivity index (χ2n) is 3.48. The molecule has 90 valence electrons. The molecule has 1 unspecified atom stereocenters. The smallest absolute Gasteiger partial charge is 0.174 e. The number of aliphatic hydroxyl groups is 1. The summed E-state index contributed by atoms with van der Waals surface area (Å²) in [6, 6.07) is 5.80. The van der Waals surface area contributed by atoms with Crippen LogP contribution < -0.4 is 9.47 Å². The van der Waals surface area contributed by atoms with Gasteiger partial charge in [-0.2, -0.15) is 0 Å². The molecule has 0 radical (unpaired) electrons. The summed E-state index contributed by atoms with van der Waals surface area (Å²) in [6.45, 7) is 1.80. The highest BCUT2D eigenvalue weighted by atomic mass is 32.2. The minimum Gasteiger partial charge on any atom is -0.493 e. The van der Waals surface area contributed by atoms with Crippen LogP contribution in [0.2, 0.25) is 0 Å². The van der Waals surface area contributed by atoms with Crippen LogP contribution in [-0.2, 0) is 0 Å². The van der Waals surface area contributed by atoms with E-state index in [4.69, 9.17) is 9.47 Å². The standard InChI is InChI=1S/C12H18O3S/c1-9(13)7-8-16-11-6-4-5-10(14-2)12(11)15-3/h4-6,9,13H,7-8H2,1-3H3. The van der Waals surface area contributed by atoms with Crippen molar-refractivity contribution in [1.82, 2.24) is 0 Å². The molecule has 1 atom stereocenters. The Bertz CT molecular complexity index is 326. The van der Waals surface area contributed by atoms with Crippen molar-refractivity contribution in [3.8, 4) is 11.5 Å². The van der Waals surface area contributed by atoms with E-state index in [-0.39, 0.29) is 6.10 Å². The molecule has 0 aliphatic rings. The first-order valence-corrected chi connectivity index (χ1v) is 6.19. The summed E-state index contributed by atoms with van der Waals surface area (Å²) in [4.78, 5) is 1.04. The maximum absolute atomic E-state index is 9.19. The molecule has 0 saturated heterocycles. The maximum Gasteiger partial charge on any atom is 0.174 e. The van der Waals surface area contributed by atoms with Crippen LogP contribution in [0.4, 0.5) is 0 Å². The van der Waals surface area contributed by atoms with E-state index in [9.17, 15) is 5.11 Å². The van der Waals surface area contributed by atoms with E-state index in [1.54, 1.807) is 32.9 Å². The van der Waals surface area contributed by atoms with Crippen molar-refractivity contribution in [3.63, 3.8) is 0 Å². The van der Waals surface area contributed by atoms with E-state index < -0.39 is 0 Å². The van der Waals surface area contributed by atoms with Crippen molar-refractivity contribution in [2.45, 2.75) is 24.3 Å². The van der Waals surface area contributed by atoms with Crippen LogP contribution in [0.5, 0.6) is 11.5 Å². The van der Waals surface area contributed by atoms with Crippen LogP contribution in [0, 0.1) is 0 Å². The van der Waals surface area contributed by atoms with E-state index in [0.29, 0.717) is 0 Å². The molecular weight excluding hydrogens is 224 g/mol. The number of aliphatic hydroxyl groups excluding tert-OH is 1. The average Bonchev–Trinajstić information content (AvgIpc) is 2.28. The molecule has 0 saturated carbocycles. The van der Waals surface area contributed by atoms with Crippen LogP contribution >= 0.6 is 11.8 Å². The summed E-state index contributed by atoms with van der Waals surface area (Å²) in [5.74, 6) is 2.37. The predicted molar refractivity (Wildman–Crippen MR) is 66.6 cm³/mol. The number of rotatable bonds is 6. The van der Waals surface area contributed by atoms with Gasteiger partial charge < -0.3 is 14.6 Å². The SMILES string of the molecule is COc1cccc(SCCC(C)O)c1OC. The third-order valence-corrected chi connectivity index (χ3v) is 3.23. The van der Waals surface area contributed by atoms with E-state index in [0.717, 1.165) is 28.6 Å². The highest BCUT2D eigenvalue weighted by Crippen LogP contribution is 2.37. The monoisotopic (exact) mass is 242 g/mol. The van der Waals surface area contributed by atoms with Gasteiger partial charge in [-0.25, -0.2) is 0 Å². The third-order valence-electron chi connectivity index (χ3n) is 2.16. The van der Waals surface area contributed by atoms with Gasteiger partial charge in [0.15, 0.2) is 11.5 Å². The summed E-state index contributed by atoms with van der Waals surface area (Å²) in [5.41, 5.74) is 0. The second-order valence-corrected chi connectivity index (χ2v) is 4.61. The second kappa shape index (κ2) is 6.66. The molecule has 0 bridgehead atoms. The first kappa shape index (κ1) is 13.2. The lowest BCUT2D eigenvalue weighted by molar-refractivity contribution is 0.192. The summed E-state index contributed by atoms with van der Waals surface area (Å²) >= 11 is 1.66. The molecule has 0 aliphatic heterocycles. The Morgan fingerprint density at radius 1 is 1.31 bits per heavy atom. The van der Waals surface area contributed by atoms with Gasteiger partial charge in [-0.3, -0.25) is 0 Å². The molecule has 3 nitrogen and oxygen atoms in total. The third kappa shape index (κ3) is 3.61. The Kier molecular flexibility index (Phi) is 5.49. The fraction of sp³-hybridized carbons (Fsp3) is 0.500. The Hall–Kier alpha value is -0.870. The van der Waals surface area contributed by atoms with Gasteiger partial charge in [0.25, 0.3) is 0 Å². The van der Waals surface area contributed by atoms with Crippen LogP contribution in [0.15, 0.2) is 23.1 Å². The normalized spacial score (nSPS) is 12.2. The van der Waals surface area contributed by atoms with Crippen LogP contribution in [0.3, 0.4) is 0 Å². The highest BCUT2D eigenvalue weighted by Gasteiger charge is 2.09. The Morgan fingerprint density at radius 2 is 2.06 bits per heavy atom. The zero-order valence-electron chi connectivity index (χ0n) is 9.90. The lowest BCUT2D eigenvalue weighted by Crippen LogP contribution is -2.00. The van der Waals surface area contributed by atoms with E-state index in [1.807, 2.05) is 18.2 Å². The van der Waals surface area contributed by atoms with Crippen LogP contribution in [0.1, 0.15) is 13.3 Å². The molecule has 4 heteroatoms. The first-order chi connectivity index (χ1) is 7.69. The zero-order valence-corrected chi connectivity index (χ0v) is 10.7. The molecule has 1 aromatic rings. The van der Waals surface area contributed by atoms with Gasteiger partial charge in [-0.05, 0) is 25.5 Å². The minimum absolute atomic E-state index is 0.260. The van der Waals surface area contributed by atoms with Crippen LogP contribution in [0.25, 0.3) is 0 Å². The van der Waals surface area contributed by atoms with Gasteiger partial charge >= 0.3 is 0 Å². The van der Waals surface area contributed by atoms with Crippen molar-refractivity contribution < 1.29 is 14.6 Å². The van der Waals surface area contributed by atoms with E-state index >= 15 is 0 Å². The molecule has 0 aliphatic carbocycles. The number of hydrogen-bond acceptors (Lipinski definition) is 4. The summed E-state index contributed by atoms with van der Waals surface area (Å²) < 4.78 is 10.5. The number of hydrogen-bond donors (Lipinski definition) is 1. The van der Waals surface area contributed by atoms with E-state index in [2.05, 4.69) is 0 Å². The fourth-order valence-corrected chi connectivity index (χ4v) is 2.48. The molecule has 0 fully saturated rings. The van der Waals surface area contributed by atoms with Crippen LogP contribution in [-0.4, -0.2) is 31.2 Å². The largest absolute Gasteiger partial charge is 0.493 e. The first-order valence-electron chi connectivity index (χ1n) is 5.21. The number of benzene rings is 1. The number of ether oxygens (including phenoxy) is 2. The molecule has 0 aromatic heterocycles. The summed E-state index contributed by atoms with van der Waals surface area (Å²) in [7, 11) is 3.26. The quantitative estimate of drug-likeness (QED) is 0.778. The topological polar surface area (TPSA) is 38.7 Å². The number of thioether (sulfide) groups is 1. The van der Waals surface area contributed by atoms with Gasteiger partial charge in [-0.15, -0.1) is 11.8 Å². The molecule has 16 heavy (non-hydrogen) atoms. The molecule has 0 heterocycles. The summed E-state index contributed by atoms with van der Waals surface area (Å²) in [6.07, 6.45) is 0.509. The Morgan fingerprint density at radius 3 is 2.62 bits per heavy atom. The van der Waals surface area contributed by atoms with Gasteiger partial charge in [0.2, 0.25) is 0 Å². The lowest BCUT2D eigenvalue weighted by Gasteiger charge is -2.12. The molecule has 0 spiro atoms. The fourth-order valence-electron chi connectivity index (χ4n) is 1.31. The van der Waals surface area contributed by atoms with Crippen molar-refractivity contribution in [1.29, 1.82) is 0 Å². The lowest BCUT2D eigenvalue weighted by atomic mass is 10.3. The molecule has 0 amide bonds. The molecular formula is C12H18O3S. The average molecular weight is 242 g/mol. The predicted octanol–water partition coefficient (Wildman–Crippen LogP) is 2.57. The number of methoxy groups -OCH3 is 2. The zero-order chi connectivity index (χ0) is 12.0. The minimum atomic E-state index is -0.260. The molecule has 1 N–H and O–H groups in total. The van der Waals surface area contributed by atoms with Gasteiger partial charge in [0, 0.05) is 5.75 Å². The molecule has 1 aromatic carbocycles. The van der Waals surface area contributed by atoms with Gasteiger partial charge in [0.1, 0.15) is 0 Å². The van der Waals surface area contributed by atoms with Gasteiger partial charge in [-0.1, -0.05) is 6.07 Å². The summed E-state index contributed by atoms with van der Waals surface area (Å²) in [5, 5.41) is 9.19. The highest BCUT2D eigenvalue weighted by molar-refractivity contribution is 7.99. The number of para-hydroxylation sites is 1. The van der Waals surface area contributed by atoms with Crippen molar-refractivity contribution in [2.75, 3.05) is 20.0 Å². The van der Waals surface area contributed by atoms with Crippen molar-refractivity contribution in [3.05, 3.63) is 18.2 Å². The maximum atomic E-state index is 9.19. The van der Waals surface area contributed by atoms with Crippen molar-refractivity contribution >= 4 is 11.8 Å². The Balaban J connectivity index is 2.71. The van der Waals surface area contributed by atoms with Crippen molar-refractivity contribution in [2.24, 2.45) is 0 Å². The Labute approximate surface area is 101 Å². The molecule has 1 rings (SSSR count). The van der Waals surface area contributed by atoms with E-state index in [1.165, 1.54) is 0 Å². The van der Waals surface area contributed by atoms with Gasteiger partial charge in [0.05, 0.1) is 25.2 Å².